The number of likely N-dealkylation sites (tertiary alicyclic amines) is 1. The number of nitrogens with one attached hydrogen (secondary N) is 2. The predicted molar refractivity (Wildman–Crippen MR) is 128 cm³/mol. The van der Waals surface area contributed by atoms with Gasteiger partial charge in [-0.15, -0.1) is 24.0 Å². The topological polar surface area (TPSA) is 75.2 Å². The van der Waals surface area contributed by atoms with Crippen LogP contribution in [0.5, 0.6) is 0 Å². The molecule has 29 heavy (non-hydrogen) atoms. The van der Waals surface area contributed by atoms with E-state index in [9.17, 15) is 4.79 Å². The van der Waals surface area contributed by atoms with E-state index in [0.29, 0.717) is 6.10 Å². The van der Waals surface area contributed by atoms with Crippen LogP contribution in [0.25, 0.3) is 0 Å². The Morgan fingerprint density at radius 3 is 2.48 bits per heavy atom. The molecule has 0 aromatic heterocycles. The molecule has 164 valence electrons. The zero-order valence-electron chi connectivity index (χ0n) is 17.8. The van der Waals surface area contributed by atoms with Gasteiger partial charge in [0.2, 0.25) is 5.91 Å². The van der Waals surface area contributed by atoms with Crippen molar-refractivity contribution >= 4 is 41.5 Å². The molecule has 1 amide bonds. The number of rotatable bonds is 9. The van der Waals surface area contributed by atoms with Gasteiger partial charge < -0.3 is 25.0 Å². The molecule has 0 unspecified atom stereocenters. The molecule has 1 aliphatic rings. The van der Waals surface area contributed by atoms with Gasteiger partial charge in [0.1, 0.15) is 0 Å². The summed E-state index contributed by atoms with van der Waals surface area (Å²) >= 11 is 0. The van der Waals surface area contributed by atoms with Crippen molar-refractivity contribution in [2.45, 2.75) is 38.7 Å². The van der Waals surface area contributed by atoms with Crippen LogP contribution in [0.2, 0.25) is 0 Å². The summed E-state index contributed by atoms with van der Waals surface area (Å²) in [4.78, 5) is 17.8. The first-order valence-corrected chi connectivity index (χ1v) is 10.0. The molecule has 1 aliphatic heterocycles. The molecule has 0 radical (unpaired) electrons. The maximum atomic E-state index is 11.1. The number of aliphatic imine (C=N–C) groups is 1. The summed E-state index contributed by atoms with van der Waals surface area (Å²) in [5.74, 6) is 0.898. The SMILES string of the molecule is CN=C(NCCc1ccc(NC(C)=O)cc1)N1CCC(OCCCOC)CC1.I. The summed E-state index contributed by atoms with van der Waals surface area (Å²) in [6.45, 7) is 5.77. The normalized spacial score (nSPS) is 15.0. The maximum absolute atomic E-state index is 11.1. The largest absolute Gasteiger partial charge is 0.385 e. The van der Waals surface area contributed by atoms with Gasteiger partial charge in [0.25, 0.3) is 0 Å². The highest BCUT2D eigenvalue weighted by molar-refractivity contribution is 14.0. The van der Waals surface area contributed by atoms with Crippen molar-refractivity contribution in [2.75, 3.05) is 52.3 Å². The van der Waals surface area contributed by atoms with Gasteiger partial charge in [-0.1, -0.05) is 12.1 Å². The van der Waals surface area contributed by atoms with Gasteiger partial charge in [0.15, 0.2) is 5.96 Å². The smallest absolute Gasteiger partial charge is 0.221 e. The van der Waals surface area contributed by atoms with Crippen molar-refractivity contribution in [3.05, 3.63) is 29.8 Å². The number of ether oxygens (including phenoxy) is 2. The highest BCUT2D eigenvalue weighted by Crippen LogP contribution is 2.14. The number of amides is 1. The Balaban J connectivity index is 0.00000420. The lowest BCUT2D eigenvalue weighted by Crippen LogP contribution is -2.47. The number of carbonyl (C=O) groups excluding carboxylic acids is 1. The highest BCUT2D eigenvalue weighted by Gasteiger charge is 2.21. The van der Waals surface area contributed by atoms with Crippen LogP contribution in [0.15, 0.2) is 29.3 Å². The molecule has 8 heteroatoms. The Hall–Kier alpha value is -1.39. The number of hydrogen-bond donors (Lipinski definition) is 2. The summed E-state index contributed by atoms with van der Waals surface area (Å²) in [5.41, 5.74) is 2.05. The quantitative estimate of drug-likeness (QED) is 0.228. The van der Waals surface area contributed by atoms with E-state index in [0.717, 1.165) is 70.2 Å². The third-order valence-electron chi connectivity index (χ3n) is 4.77. The minimum Gasteiger partial charge on any atom is -0.385 e. The van der Waals surface area contributed by atoms with Gasteiger partial charge in [-0.05, 0) is 43.4 Å². The first-order valence-electron chi connectivity index (χ1n) is 10.0. The molecule has 0 bridgehead atoms. The number of carbonyl (C=O) groups is 1. The van der Waals surface area contributed by atoms with Crippen LogP contribution in [-0.4, -0.2) is 69.9 Å². The fraction of sp³-hybridized carbons (Fsp3) is 0.619. The molecule has 1 aromatic carbocycles. The van der Waals surface area contributed by atoms with E-state index < -0.39 is 0 Å². The first-order chi connectivity index (χ1) is 13.6. The zero-order chi connectivity index (χ0) is 20.2. The van der Waals surface area contributed by atoms with E-state index in [1.807, 2.05) is 31.3 Å². The molecule has 1 aromatic rings. The van der Waals surface area contributed by atoms with Crippen LogP contribution in [0, 0.1) is 0 Å². The number of anilines is 1. The number of methoxy groups -OCH3 is 1. The molecule has 0 spiro atoms. The second kappa shape index (κ2) is 14.6. The summed E-state index contributed by atoms with van der Waals surface area (Å²) in [6.07, 6.45) is 4.24. The lowest BCUT2D eigenvalue weighted by Gasteiger charge is -2.34. The molecule has 0 atom stereocenters. The van der Waals surface area contributed by atoms with Crippen molar-refractivity contribution in [2.24, 2.45) is 4.99 Å². The third kappa shape index (κ3) is 9.77. The minimum atomic E-state index is -0.0534. The Morgan fingerprint density at radius 2 is 1.90 bits per heavy atom. The van der Waals surface area contributed by atoms with Crippen molar-refractivity contribution in [1.29, 1.82) is 0 Å². The Morgan fingerprint density at radius 1 is 1.21 bits per heavy atom. The van der Waals surface area contributed by atoms with Crippen molar-refractivity contribution in [1.82, 2.24) is 10.2 Å². The molecular formula is C21H35IN4O3. The van der Waals surface area contributed by atoms with Gasteiger partial charge in [0, 0.05) is 59.6 Å². The lowest BCUT2D eigenvalue weighted by molar-refractivity contribution is -0.114. The molecule has 0 saturated carbocycles. The van der Waals surface area contributed by atoms with Crippen molar-refractivity contribution in [3.63, 3.8) is 0 Å². The fourth-order valence-electron chi connectivity index (χ4n) is 3.30. The van der Waals surface area contributed by atoms with E-state index in [1.165, 1.54) is 12.5 Å². The Bertz CT molecular complexity index is 617. The molecule has 1 fully saturated rings. The fourth-order valence-corrected chi connectivity index (χ4v) is 3.30. The Kier molecular flexibility index (Phi) is 12.9. The van der Waals surface area contributed by atoms with Gasteiger partial charge in [-0.3, -0.25) is 9.79 Å². The molecule has 1 saturated heterocycles. The van der Waals surface area contributed by atoms with Gasteiger partial charge >= 0.3 is 0 Å². The number of benzene rings is 1. The number of guanidine groups is 1. The summed E-state index contributed by atoms with van der Waals surface area (Å²) in [7, 11) is 3.55. The number of hydrogen-bond acceptors (Lipinski definition) is 4. The molecule has 2 rings (SSSR count). The average molecular weight is 518 g/mol. The maximum Gasteiger partial charge on any atom is 0.221 e. The summed E-state index contributed by atoms with van der Waals surface area (Å²) in [5, 5.41) is 6.24. The number of nitrogens with zero attached hydrogens (tertiary/aromatic N) is 2. The summed E-state index contributed by atoms with van der Waals surface area (Å²) < 4.78 is 11.0. The van der Waals surface area contributed by atoms with Crippen LogP contribution >= 0.6 is 24.0 Å². The average Bonchev–Trinajstić information content (AvgIpc) is 2.70. The second-order valence-electron chi connectivity index (χ2n) is 7.01. The molecular weight excluding hydrogens is 483 g/mol. The van der Waals surface area contributed by atoms with Crippen molar-refractivity contribution < 1.29 is 14.3 Å². The lowest BCUT2D eigenvalue weighted by atomic mass is 10.1. The standard InChI is InChI=1S/C21H34N4O3.HI/c1-17(26)24-19-7-5-18(6-8-19)9-12-23-21(22-2)25-13-10-20(11-14-25)28-16-4-15-27-3;/h5-8,20H,4,9-16H2,1-3H3,(H,22,23)(H,24,26);1H. The zero-order valence-corrected chi connectivity index (χ0v) is 20.1. The molecule has 7 nitrogen and oxygen atoms in total. The second-order valence-corrected chi connectivity index (χ2v) is 7.01. The predicted octanol–water partition coefficient (Wildman–Crippen LogP) is 2.90. The van der Waals surface area contributed by atoms with E-state index in [-0.39, 0.29) is 29.9 Å². The Labute approximate surface area is 191 Å². The van der Waals surface area contributed by atoms with Crippen LogP contribution < -0.4 is 10.6 Å². The van der Waals surface area contributed by atoms with Crippen LogP contribution in [0.3, 0.4) is 0 Å². The van der Waals surface area contributed by atoms with E-state index in [4.69, 9.17) is 9.47 Å². The highest BCUT2D eigenvalue weighted by atomic mass is 127. The number of piperidine rings is 1. The minimum absolute atomic E-state index is 0. The molecule has 2 N–H and O–H groups in total. The molecule has 0 aliphatic carbocycles. The van der Waals surface area contributed by atoms with E-state index in [2.05, 4.69) is 20.5 Å². The van der Waals surface area contributed by atoms with Gasteiger partial charge in [0.05, 0.1) is 6.10 Å². The first kappa shape index (κ1) is 25.6. The number of halogens is 1. The van der Waals surface area contributed by atoms with Crippen LogP contribution in [0.1, 0.15) is 31.7 Å². The van der Waals surface area contributed by atoms with E-state index in [1.54, 1.807) is 7.11 Å². The van der Waals surface area contributed by atoms with Gasteiger partial charge in [-0.25, -0.2) is 0 Å². The van der Waals surface area contributed by atoms with Crippen LogP contribution in [-0.2, 0) is 20.7 Å². The summed E-state index contributed by atoms with van der Waals surface area (Å²) in [6, 6.07) is 7.95. The third-order valence-corrected chi connectivity index (χ3v) is 4.77. The van der Waals surface area contributed by atoms with E-state index >= 15 is 0 Å². The monoisotopic (exact) mass is 518 g/mol. The van der Waals surface area contributed by atoms with Gasteiger partial charge in [-0.2, -0.15) is 0 Å². The van der Waals surface area contributed by atoms with Crippen molar-refractivity contribution in [3.8, 4) is 0 Å². The van der Waals surface area contributed by atoms with Crippen LogP contribution in [0.4, 0.5) is 5.69 Å². The molecule has 1 heterocycles.